The highest BCUT2D eigenvalue weighted by molar-refractivity contribution is 6.39. The summed E-state index contributed by atoms with van der Waals surface area (Å²) in [5, 5.41) is 3.57. The third kappa shape index (κ3) is 3.00. The topological polar surface area (TPSA) is 24.9 Å². The van der Waals surface area contributed by atoms with Crippen LogP contribution in [-0.4, -0.2) is 4.98 Å². The normalized spacial score (nSPS) is 10.4. The first-order valence-electron chi connectivity index (χ1n) is 4.60. The summed E-state index contributed by atoms with van der Waals surface area (Å²) in [6, 6.07) is 7.39. The molecule has 1 aromatic heterocycles. The van der Waals surface area contributed by atoms with Crippen LogP contribution in [-0.2, 0) is 0 Å². The summed E-state index contributed by atoms with van der Waals surface area (Å²) >= 11 is 17.5. The average Bonchev–Trinajstić information content (AvgIpc) is 2.23. The van der Waals surface area contributed by atoms with Crippen LogP contribution in [0.4, 0.5) is 15.9 Å². The van der Waals surface area contributed by atoms with Crippen molar-refractivity contribution < 1.29 is 4.39 Å². The molecule has 1 aromatic carbocycles. The Hall–Kier alpha value is -1.03. The Labute approximate surface area is 112 Å². The van der Waals surface area contributed by atoms with Crippen molar-refractivity contribution in [1.82, 2.24) is 4.98 Å². The first kappa shape index (κ1) is 12.4. The molecule has 0 aliphatic heterocycles. The first-order valence-corrected chi connectivity index (χ1v) is 5.74. The molecule has 0 spiro atoms. The van der Waals surface area contributed by atoms with Gasteiger partial charge in [-0.05, 0) is 24.3 Å². The third-order valence-electron chi connectivity index (χ3n) is 1.98. The van der Waals surface area contributed by atoms with Crippen molar-refractivity contribution in [2.45, 2.75) is 0 Å². The van der Waals surface area contributed by atoms with Gasteiger partial charge in [0.15, 0.2) is 0 Å². The predicted octanol–water partition coefficient (Wildman–Crippen LogP) is 4.92. The summed E-state index contributed by atoms with van der Waals surface area (Å²) in [4.78, 5) is 4.02. The summed E-state index contributed by atoms with van der Waals surface area (Å²) in [6.45, 7) is 0. The van der Waals surface area contributed by atoms with Gasteiger partial charge in [0.2, 0.25) is 0 Å². The van der Waals surface area contributed by atoms with Crippen molar-refractivity contribution in [2.75, 3.05) is 5.32 Å². The number of benzene rings is 1. The molecule has 2 aromatic rings. The van der Waals surface area contributed by atoms with Crippen LogP contribution in [0, 0.1) is 5.82 Å². The molecule has 2 rings (SSSR count). The Bertz CT molecular complexity index is 537. The molecule has 0 radical (unpaired) electrons. The van der Waals surface area contributed by atoms with E-state index in [0.29, 0.717) is 16.7 Å². The van der Waals surface area contributed by atoms with Crippen LogP contribution < -0.4 is 5.32 Å². The Morgan fingerprint density at radius 2 is 1.71 bits per heavy atom. The zero-order valence-electron chi connectivity index (χ0n) is 8.35. The lowest BCUT2D eigenvalue weighted by molar-refractivity contribution is 0.628. The maximum atomic E-state index is 13.0. The molecule has 0 unspecified atom stereocenters. The van der Waals surface area contributed by atoms with E-state index < -0.39 is 5.82 Å². The predicted molar refractivity (Wildman–Crippen MR) is 68.9 cm³/mol. The van der Waals surface area contributed by atoms with Crippen LogP contribution in [0.15, 0.2) is 30.3 Å². The van der Waals surface area contributed by atoms with E-state index in [9.17, 15) is 4.39 Å². The maximum absolute atomic E-state index is 13.0. The van der Waals surface area contributed by atoms with Gasteiger partial charge in [0.25, 0.3) is 0 Å². The van der Waals surface area contributed by atoms with Gasteiger partial charge in [0.05, 0.1) is 15.7 Å². The Kier molecular flexibility index (Phi) is 3.72. The number of hydrogen-bond donors (Lipinski definition) is 1. The Balaban J connectivity index is 2.36. The summed E-state index contributed by atoms with van der Waals surface area (Å²) in [6.07, 6.45) is 0. The van der Waals surface area contributed by atoms with Crippen molar-refractivity contribution >= 4 is 46.3 Å². The summed E-state index contributed by atoms with van der Waals surface area (Å²) in [5.74, 6) is -0.0162. The largest absolute Gasteiger partial charge is 0.338 e. The lowest BCUT2D eigenvalue weighted by Gasteiger charge is -2.09. The number of rotatable bonds is 2. The van der Waals surface area contributed by atoms with Gasteiger partial charge in [-0.1, -0.05) is 40.9 Å². The summed E-state index contributed by atoms with van der Waals surface area (Å²) < 4.78 is 13.0. The molecule has 17 heavy (non-hydrogen) atoms. The second-order valence-electron chi connectivity index (χ2n) is 3.21. The molecule has 1 N–H and O–H groups in total. The van der Waals surface area contributed by atoms with Crippen LogP contribution in [0.1, 0.15) is 0 Å². The minimum atomic E-state index is -0.496. The van der Waals surface area contributed by atoms with Crippen molar-refractivity contribution in [1.29, 1.82) is 0 Å². The quantitative estimate of drug-likeness (QED) is 0.794. The van der Waals surface area contributed by atoms with E-state index in [1.165, 1.54) is 12.1 Å². The molecule has 0 aliphatic carbocycles. The second kappa shape index (κ2) is 5.08. The number of pyridine rings is 1. The molecule has 0 saturated carbocycles. The van der Waals surface area contributed by atoms with Gasteiger partial charge in [0, 0.05) is 0 Å². The molecule has 0 bridgehead atoms. The molecule has 0 fully saturated rings. The van der Waals surface area contributed by atoms with Crippen molar-refractivity contribution in [3.63, 3.8) is 0 Å². The number of nitrogens with one attached hydrogen (secondary N) is 1. The number of halogens is 4. The van der Waals surface area contributed by atoms with Crippen LogP contribution in [0.3, 0.4) is 0 Å². The van der Waals surface area contributed by atoms with Crippen molar-refractivity contribution in [3.05, 3.63) is 51.3 Å². The van der Waals surface area contributed by atoms with Gasteiger partial charge in [-0.2, -0.15) is 0 Å². The standard InChI is InChI=1S/C11H6Cl3FN2/c12-7-4-6(15)5-8(13)11(7)17-10-3-1-2-9(14)16-10/h1-5H,(H,16,17). The average molecular weight is 292 g/mol. The minimum absolute atomic E-state index is 0.178. The maximum Gasteiger partial charge on any atom is 0.132 e. The van der Waals surface area contributed by atoms with Gasteiger partial charge in [-0.15, -0.1) is 0 Å². The van der Waals surface area contributed by atoms with E-state index in [1.54, 1.807) is 18.2 Å². The lowest BCUT2D eigenvalue weighted by Crippen LogP contribution is -1.95. The molecule has 6 heteroatoms. The number of aromatic nitrogens is 1. The number of hydrogen-bond acceptors (Lipinski definition) is 2. The van der Waals surface area contributed by atoms with Crippen LogP contribution in [0.5, 0.6) is 0 Å². The van der Waals surface area contributed by atoms with E-state index in [4.69, 9.17) is 34.8 Å². The molecule has 0 aliphatic rings. The summed E-state index contributed by atoms with van der Waals surface area (Å²) in [5.41, 5.74) is 0.393. The molecule has 1 heterocycles. The van der Waals surface area contributed by atoms with E-state index in [2.05, 4.69) is 10.3 Å². The Morgan fingerprint density at radius 3 is 2.29 bits per heavy atom. The first-order chi connectivity index (χ1) is 8.06. The minimum Gasteiger partial charge on any atom is -0.338 e. The zero-order valence-corrected chi connectivity index (χ0v) is 10.6. The third-order valence-corrected chi connectivity index (χ3v) is 2.78. The molecule has 2 nitrogen and oxygen atoms in total. The second-order valence-corrected chi connectivity index (χ2v) is 4.42. The fourth-order valence-electron chi connectivity index (χ4n) is 1.27. The van der Waals surface area contributed by atoms with E-state index >= 15 is 0 Å². The van der Waals surface area contributed by atoms with Gasteiger partial charge in [-0.25, -0.2) is 9.37 Å². The van der Waals surface area contributed by atoms with Crippen molar-refractivity contribution in [3.8, 4) is 0 Å². The molecule has 88 valence electrons. The van der Waals surface area contributed by atoms with Crippen LogP contribution in [0.2, 0.25) is 15.2 Å². The van der Waals surface area contributed by atoms with Crippen molar-refractivity contribution in [2.24, 2.45) is 0 Å². The summed E-state index contributed by atoms with van der Waals surface area (Å²) in [7, 11) is 0. The number of nitrogens with zero attached hydrogens (tertiary/aromatic N) is 1. The van der Waals surface area contributed by atoms with E-state index in [1.807, 2.05) is 0 Å². The highest BCUT2D eigenvalue weighted by Crippen LogP contribution is 2.33. The molecular formula is C11H6Cl3FN2. The fourth-order valence-corrected chi connectivity index (χ4v) is 1.99. The lowest BCUT2D eigenvalue weighted by atomic mass is 10.3. The van der Waals surface area contributed by atoms with E-state index in [0.717, 1.165) is 0 Å². The van der Waals surface area contributed by atoms with Gasteiger partial charge < -0.3 is 5.32 Å². The van der Waals surface area contributed by atoms with Crippen LogP contribution in [0.25, 0.3) is 0 Å². The molecule has 0 saturated heterocycles. The van der Waals surface area contributed by atoms with Gasteiger partial charge >= 0.3 is 0 Å². The molecule has 0 atom stereocenters. The highest BCUT2D eigenvalue weighted by Gasteiger charge is 2.09. The number of anilines is 2. The SMILES string of the molecule is Fc1cc(Cl)c(Nc2cccc(Cl)n2)c(Cl)c1. The van der Waals surface area contributed by atoms with Crippen LogP contribution >= 0.6 is 34.8 Å². The smallest absolute Gasteiger partial charge is 0.132 e. The Morgan fingerprint density at radius 1 is 1.06 bits per heavy atom. The molecular weight excluding hydrogens is 285 g/mol. The van der Waals surface area contributed by atoms with Gasteiger partial charge in [0.1, 0.15) is 16.8 Å². The van der Waals surface area contributed by atoms with E-state index in [-0.39, 0.29) is 10.0 Å². The highest BCUT2D eigenvalue weighted by atomic mass is 35.5. The zero-order chi connectivity index (χ0) is 12.4. The fraction of sp³-hybridized carbons (Fsp3) is 0. The van der Waals surface area contributed by atoms with Gasteiger partial charge in [-0.3, -0.25) is 0 Å². The molecule has 0 amide bonds. The monoisotopic (exact) mass is 290 g/mol.